The fourth-order valence-corrected chi connectivity index (χ4v) is 3.87. The molecule has 3 atom stereocenters. The van der Waals surface area contributed by atoms with Gasteiger partial charge in [-0.3, -0.25) is 9.69 Å². The zero-order valence-corrected chi connectivity index (χ0v) is 11.9. The van der Waals surface area contributed by atoms with Gasteiger partial charge in [-0.25, -0.2) is 4.98 Å². The fourth-order valence-electron chi connectivity index (χ4n) is 3.87. The van der Waals surface area contributed by atoms with Gasteiger partial charge in [0.2, 0.25) is 0 Å². The number of rotatable bonds is 3. The number of carboxylic acid groups (broad SMARTS) is 1. The van der Waals surface area contributed by atoms with Crippen molar-refractivity contribution in [3.05, 3.63) is 29.6 Å². The van der Waals surface area contributed by atoms with Crippen LogP contribution in [0.25, 0.3) is 0 Å². The molecule has 1 N–H and O–H groups in total. The third-order valence-electron chi connectivity index (χ3n) is 4.81. The predicted molar refractivity (Wildman–Crippen MR) is 76.3 cm³/mol. The molecule has 5 nitrogen and oxygen atoms in total. The Kier molecular flexibility index (Phi) is 3.89. The average molecular weight is 285 g/mol. The molecule has 3 unspecified atom stereocenters. The number of pyridine rings is 1. The summed E-state index contributed by atoms with van der Waals surface area (Å²) in [6.07, 6.45) is 7.02. The largest absolute Gasteiger partial charge is 0.480 e. The second-order valence-corrected chi connectivity index (χ2v) is 6.04. The molecule has 0 bridgehead atoms. The Hall–Kier alpha value is -1.93. The van der Waals surface area contributed by atoms with E-state index in [1.165, 1.54) is 12.8 Å². The van der Waals surface area contributed by atoms with Crippen LogP contribution < -0.4 is 0 Å². The topological polar surface area (TPSA) is 77.2 Å². The molecule has 110 valence electrons. The zero-order chi connectivity index (χ0) is 14.8. The summed E-state index contributed by atoms with van der Waals surface area (Å²) in [5.41, 5.74) is 1.36. The molecule has 1 aromatic rings. The van der Waals surface area contributed by atoms with Crippen LogP contribution in [0.1, 0.15) is 43.4 Å². The van der Waals surface area contributed by atoms with Gasteiger partial charge in [0.05, 0.1) is 0 Å². The summed E-state index contributed by atoms with van der Waals surface area (Å²) in [6.45, 7) is 0.593. The van der Waals surface area contributed by atoms with Gasteiger partial charge in [-0.15, -0.1) is 0 Å². The van der Waals surface area contributed by atoms with Crippen LogP contribution in [0.5, 0.6) is 0 Å². The SMILES string of the molecule is N#Cc1cc(CN2C(C(=O)O)CC3CCCCC32)ccn1. The number of hydrogen-bond donors (Lipinski definition) is 1. The molecule has 21 heavy (non-hydrogen) atoms. The third kappa shape index (κ3) is 2.77. The van der Waals surface area contributed by atoms with Crippen LogP contribution in [0.3, 0.4) is 0 Å². The van der Waals surface area contributed by atoms with E-state index in [0.29, 0.717) is 24.2 Å². The van der Waals surface area contributed by atoms with Crippen molar-refractivity contribution in [2.75, 3.05) is 0 Å². The first kappa shape index (κ1) is 14.0. The number of aliphatic carboxylic acids is 1. The second kappa shape index (κ2) is 5.82. The number of carbonyl (C=O) groups is 1. The number of aromatic nitrogens is 1. The van der Waals surface area contributed by atoms with Gasteiger partial charge in [-0.1, -0.05) is 12.8 Å². The molecule has 2 fully saturated rings. The van der Waals surface area contributed by atoms with Crippen LogP contribution in [-0.2, 0) is 11.3 Å². The highest BCUT2D eigenvalue weighted by Gasteiger charge is 2.44. The standard InChI is InChI=1S/C16H19N3O2/c17-9-13-7-11(5-6-18-13)10-19-14-4-2-1-3-12(14)8-15(19)16(20)21/h5-7,12,14-15H,1-4,8,10H2,(H,20,21). The van der Waals surface area contributed by atoms with Crippen LogP contribution in [0.2, 0.25) is 0 Å². The van der Waals surface area contributed by atoms with E-state index >= 15 is 0 Å². The monoisotopic (exact) mass is 285 g/mol. The van der Waals surface area contributed by atoms with Crippen molar-refractivity contribution in [1.29, 1.82) is 5.26 Å². The lowest BCUT2D eigenvalue weighted by Crippen LogP contribution is -2.41. The maximum atomic E-state index is 11.6. The first-order chi connectivity index (χ1) is 10.2. The van der Waals surface area contributed by atoms with Gasteiger partial charge in [-0.05, 0) is 42.9 Å². The van der Waals surface area contributed by atoms with Crippen molar-refractivity contribution >= 4 is 5.97 Å². The van der Waals surface area contributed by atoms with Crippen molar-refractivity contribution in [2.24, 2.45) is 5.92 Å². The van der Waals surface area contributed by atoms with Gasteiger partial charge in [-0.2, -0.15) is 5.26 Å². The third-order valence-corrected chi connectivity index (χ3v) is 4.81. The first-order valence-corrected chi connectivity index (χ1v) is 7.52. The minimum absolute atomic E-state index is 0.374. The highest BCUT2D eigenvalue weighted by atomic mass is 16.4. The molecule has 2 aliphatic rings. The summed E-state index contributed by atoms with van der Waals surface area (Å²) >= 11 is 0. The van der Waals surface area contributed by atoms with Crippen LogP contribution >= 0.6 is 0 Å². The van der Waals surface area contributed by atoms with E-state index in [2.05, 4.69) is 9.88 Å². The molecule has 1 aliphatic heterocycles. The predicted octanol–water partition coefficient (Wildman–Crippen LogP) is 2.17. The fraction of sp³-hybridized carbons (Fsp3) is 0.562. The Balaban J connectivity index is 1.83. The average Bonchev–Trinajstić information content (AvgIpc) is 2.87. The maximum absolute atomic E-state index is 11.6. The number of nitrogens with zero attached hydrogens (tertiary/aromatic N) is 3. The molecule has 1 aromatic heterocycles. The molecule has 0 spiro atoms. The number of likely N-dealkylation sites (tertiary alicyclic amines) is 1. The summed E-state index contributed by atoms with van der Waals surface area (Å²) in [6, 6.07) is 5.65. The van der Waals surface area contributed by atoms with Gasteiger partial charge in [0.15, 0.2) is 0 Å². The smallest absolute Gasteiger partial charge is 0.320 e. The van der Waals surface area contributed by atoms with Crippen molar-refractivity contribution in [1.82, 2.24) is 9.88 Å². The van der Waals surface area contributed by atoms with Gasteiger partial charge < -0.3 is 5.11 Å². The summed E-state index contributed by atoms with van der Waals surface area (Å²) in [5.74, 6) is -0.212. The van der Waals surface area contributed by atoms with Crippen LogP contribution in [0.15, 0.2) is 18.3 Å². The summed E-state index contributed by atoms with van der Waals surface area (Å²) in [5, 5.41) is 18.4. The molecule has 1 aliphatic carbocycles. The molecule has 0 aromatic carbocycles. The number of nitriles is 1. The molecule has 0 amide bonds. The number of hydrogen-bond acceptors (Lipinski definition) is 4. The lowest BCUT2D eigenvalue weighted by atomic mass is 9.84. The molecule has 2 heterocycles. The molecule has 1 saturated carbocycles. The zero-order valence-electron chi connectivity index (χ0n) is 11.9. The highest BCUT2D eigenvalue weighted by Crippen LogP contribution is 2.40. The van der Waals surface area contributed by atoms with Crippen molar-refractivity contribution in [2.45, 2.75) is 50.7 Å². The van der Waals surface area contributed by atoms with Gasteiger partial charge in [0, 0.05) is 18.8 Å². The van der Waals surface area contributed by atoms with Gasteiger partial charge >= 0.3 is 5.97 Å². The van der Waals surface area contributed by atoms with Crippen LogP contribution in [0.4, 0.5) is 0 Å². The van der Waals surface area contributed by atoms with Crippen molar-refractivity contribution < 1.29 is 9.90 Å². The second-order valence-electron chi connectivity index (χ2n) is 6.04. The van der Waals surface area contributed by atoms with Crippen LogP contribution in [-0.4, -0.2) is 33.0 Å². The quantitative estimate of drug-likeness (QED) is 0.921. The Morgan fingerprint density at radius 3 is 3.05 bits per heavy atom. The summed E-state index contributed by atoms with van der Waals surface area (Å²) in [4.78, 5) is 17.7. The molecule has 3 rings (SSSR count). The molecular weight excluding hydrogens is 266 g/mol. The van der Waals surface area contributed by atoms with E-state index in [4.69, 9.17) is 5.26 Å². The lowest BCUT2D eigenvalue weighted by Gasteiger charge is -2.33. The van der Waals surface area contributed by atoms with Crippen LogP contribution in [0, 0.1) is 17.2 Å². The summed E-state index contributed by atoms with van der Waals surface area (Å²) in [7, 11) is 0. The van der Waals surface area contributed by atoms with E-state index < -0.39 is 12.0 Å². The van der Waals surface area contributed by atoms with E-state index in [1.54, 1.807) is 12.3 Å². The number of fused-ring (bicyclic) bond motifs is 1. The lowest BCUT2D eigenvalue weighted by molar-refractivity contribution is -0.142. The highest BCUT2D eigenvalue weighted by molar-refractivity contribution is 5.74. The Morgan fingerprint density at radius 1 is 1.48 bits per heavy atom. The maximum Gasteiger partial charge on any atom is 0.320 e. The number of carboxylic acids is 1. The van der Waals surface area contributed by atoms with Crippen molar-refractivity contribution in [3.63, 3.8) is 0 Å². The Bertz CT molecular complexity index is 581. The minimum atomic E-state index is -0.723. The first-order valence-electron chi connectivity index (χ1n) is 7.52. The van der Waals surface area contributed by atoms with E-state index in [-0.39, 0.29) is 0 Å². The van der Waals surface area contributed by atoms with Crippen molar-refractivity contribution in [3.8, 4) is 6.07 Å². The Labute approximate surface area is 124 Å². The van der Waals surface area contributed by atoms with Gasteiger partial charge in [0.25, 0.3) is 0 Å². The molecular formula is C16H19N3O2. The normalized spacial score (nSPS) is 28.8. The van der Waals surface area contributed by atoms with Gasteiger partial charge in [0.1, 0.15) is 17.8 Å². The molecule has 1 saturated heterocycles. The van der Waals surface area contributed by atoms with E-state index in [0.717, 1.165) is 24.8 Å². The Morgan fingerprint density at radius 2 is 2.29 bits per heavy atom. The van der Waals surface area contributed by atoms with E-state index in [1.807, 2.05) is 12.1 Å². The van der Waals surface area contributed by atoms with E-state index in [9.17, 15) is 9.90 Å². The molecule has 0 radical (unpaired) electrons. The molecule has 5 heteroatoms. The minimum Gasteiger partial charge on any atom is -0.480 e. The summed E-state index contributed by atoms with van der Waals surface area (Å²) < 4.78 is 0.